The van der Waals surface area contributed by atoms with Crippen molar-refractivity contribution in [3.8, 4) is 0 Å². The molecule has 14 unspecified atom stereocenters. The fourth-order valence-electron chi connectivity index (χ4n) is 5.51. The van der Waals surface area contributed by atoms with Crippen LogP contribution in [0.2, 0.25) is 0 Å². The summed E-state index contributed by atoms with van der Waals surface area (Å²) in [6.45, 7) is 0.636. The molecule has 18 heteroatoms. The molecule has 0 aromatic heterocycles. The van der Waals surface area contributed by atoms with E-state index in [2.05, 4.69) is 15.3 Å². The molecule has 1 saturated carbocycles. The van der Waals surface area contributed by atoms with Crippen molar-refractivity contribution in [2.24, 2.45) is 38.7 Å². The van der Waals surface area contributed by atoms with Crippen LogP contribution in [-0.4, -0.2) is 161 Å². The zero-order chi connectivity index (χ0) is 32.1. The molecule has 0 spiro atoms. The molecule has 0 bridgehead atoms. The highest BCUT2D eigenvalue weighted by molar-refractivity contribution is 5.85. The van der Waals surface area contributed by atoms with Crippen LogP contribution in [0.25, 0.3) is 0 Å². The van der Waals surface area contributed by atoms with E-state index in [0.717, 1.165) is 0 Å². The van der Waals surface area contributed by atoms with Crippen LogP contribution in [0.5, 0.6) is 0 Å². The molecule has 0 amide bonds. The van der Waals surface area contributed by atoms with Crippen LogP contribution in [0.4, 0.5) is 0 Å². The van der Waals surface area contributed by atoms with Gasteiger partial charge in [-0.15, -0.1) is 0 Å². The number of likely N-dealkylation sites (N-methyl/N-ethyl adjacent to an activating group) is 1. The maximum Gasteiger partial charge on any atom is 0.185 e. The van der Waals surface area contributed by atoms with E-state index in [9.17, 15) is 25.5 Å². The van der Waals surface area contributed by atoms with Crippen LogP contribution in [-0.2, 0) is 18.9 Å². The lowest BCUT2D eigenvalue weighted by molar-refractivity contribution is -0.306. The number of nitrogens with one attached hydrogen (secondary N) is 1. The quantitative estimate of drug-likeness (QED) is 0.0710. The van der Waals surface area contributed by atoms with Gasteiger partial charge in [-0.1, -0.05) is 0 Å². The first-order chi connectivity index (χ1) is 20.2. The molecule has 14 atom stereocenters. The summed E-state index contributed by atoms with van der Waals surface area (Å²) in [6, 6.07) is -3.12. The minimum Gasteiger partial charge on any atom is -0.393 e. The molecule has 0 radical (unpaired) electrons. The number of aliphatic imine (C=N–C) groups is 2. The van der Waals surface area contributed by atoms with Gasteiger partial charge >= 0.3 is 0 Å². The zero-order valence-corrected chi connectivity index (χ0v) is 24.6. The highest BCUT2D eigenvalue weighted by atomic mass is 16.7. The average Bonchev–Trinajstić information content (AvgIpc) is 2.97. The molecular weight excluding hydrogens is 572 g/mol. The maximum absolute atomic E-state index is 11.6. The number of rotatable bonds is 12. The molecule has 1 aliphatic carbocycles. The minimum absolute atomic E-state index is 0.0750. The summed E-state index contributed by atoms with van der Waals surface area (Å²) in [4.78, 5) is 8.41. The van der Waals surface area contributed by atoms with Crippen LogP contribution in [0.3, 0.4) is 0 Å². The Morgan fingerprint density at radius 3 is 2.33 bits per heavy atom. The summed E-state index contributed by atoms with van der Waals surface area (Å²) >= 11 is 0. The maximum atomic E-state index is 11.6. The predicted octanol–water partition coefficient (Wildman–Crippen LogP) is -6.51. The second-order valence-corrected chi connectivity index (χ2v) is 11.6. The topological polar surface area (TPSA) is 325 Å². The number of aliphatic hydroxyl groups excluding tert-OH is 5. The number of nitrogens with zero attached hydrogens (tertiary/aromatic N) is 2. The van der Waals surface area contributed by atoms with Crippen molar-refractivity contribution in [2.45, 2.75) is 111 Å². The third-order valence-corrected chi connectivity index (χ3v) is 8.08. The van der Waals surface area contributed by atoms with Gasteiger partial charge < -0.3 is 83.6 Å². The van der Waals surface area contributed by atoms with Crippen molar-refractivity contribution in [2.75, 3.05) is 33.4 Å². The Labute approximate surface area is 250 Å². The van der Waals surface area contributed by atoms with E-state index in [1.807, 2.05) is 0 Å². The summed E-state index contributed by atoms with van der Waals surface area (Å²) in [6.07, 6.45) is -9.33. The van der Waals surface area contributed by atoms with E-state index in [4.69, 9.17) is 52.7 Å². The number of ether oxygens (including phenoxy) is 4. The Kier molecular flexibility index (Phi) is 13.0. The molecule has 2 heterocycles. The summed E-state index contributed by atoms with van der Waals surface area (Å²) in [5, 5.41) is 64.8. The first-order valence-electron chi connectivity index (χ1n) is 14.4. The van der Waals surface area contributed by atoms with E-state index in [-0.39, 0.29) is 37.8 Å². The second kappa shape index (κ2) is 15.6. The van der Waals surface area contributed by atoms with Crippen LogP contribution < -0.4 is 34.0 Å². The lowest BCUT2D eigenvalue weighted by atomic mass is 9.83. The highest BCUT2D eigenvalue weighted by Crippen LogP contribution is 2.33. The van der Waals surface area contributed by atoms with Crippen molar-refractivity contribution < 1.29 is 49.6 Å². The number of nitrogens with two attached hydrogens (primary N) is 5. The third kappa shape index (κ3) is 8.76. The van der Waals surface area contributed by atoms with Crippen molar-refractivity contribution in [1.29, 1.82) is 0 Å². The lowest BCUT2D eigenvalue weighted by Gasteiger charge is -2.48. The van der Waals surface area contributed by atoms with E-state index < -0.39 is 91.7 Å². The highest BCUT2D eigenvalue weighted by Gasteiger charge is 2.51. The van der Waals surface area contributed by atoms with Gasteiger partial charge in [-0.2, -0.15) is 0 Å². The standard InChI is InChI=1S/C25H50N8O10/c1-25(39)9-40-24(17(38)20(25)31-2)43-19-13(33-22(30)14(35)6-26)5-12(28)18(16(19)37)42-23-11(27)4-3-10(41-23)7-32-21(29)15(36)8-34/h10-20,23-24,31,34-39H,3-9,26-28H2,1-2H3,(H2,29,32)(H2,30,33). The monoisotopic (exact) mass is 622 g/mol. The Morgan fingerprint density at radius 1 is 1.02 bits per heavy atom. The van der Waals surface area contributed by atoms with E-state index in [0.29, 0.717) is 12.8 Å². The molecule has 250 valence electrons. The first kappa shape index (κ1) is 35.9. The van der Waals surface area contributed by atoms with Crippen molar-refractivity contribution in [3.63, 3.8) is 0 Å². The largest absolute Gasteiger partial charge is 0.393 e. The zero-order valence-electron chi connectivity index (χ0n) is 24.6. The first-order valence-corrected chi connectivity index (χ1v) is 14.4. The van der Waals surface area contributed by atoms with Crippen molar-refractivity contribution >= 4 is 11.7 Å². The molecule has 3 rings (SSSR count). The number of aliphatic hydroxyl groups is 6. The molecule has 0 aromatic carbocycles. The fraction of sp³-hybridized carbons (Fsp3) is 0.920. The van der Waals surface area contributed by atoms with Gasteiger partial charge in [0.05, 0.1) is 44.0 Å². The summed E-state index contributed by atoms with van der Waals surface area (Å²) < 4.78 is 23.9. The van der Waals surface area contributed by atoms with Crippen LogP contribution in [0.1, 0.15) is 26.2 Å². The van der Waals surface area contributed by atoms with Crippen LogP contribution in [0.15, 0.2) is 9.98 Å². The second-order valence-electron chi connectivity index (χ2n) is 11.6. The van der Waals surface area contributed by atoms with Gasteiger partial charge in [0.15, 0.2) is 12.6 Å². The van der Waals surface area contributed by atoms with Gasteiger partial charge in [-0.05, 0) is 33.2 Å². The van der Waals surface area contributed by atoms with Crippen LogP contribution >= 0.6 is 0 Å². The molecule has 17 N–H and O–H groups in total. The van der Waals surface area contributed by atoms with Gasteiger partial charge in [0.1, 0.15) is 53.9 Å². The Balaban J connectivity index is 1.81. The van der Waals surface area contributed by atoms with E-state index >= 15 is 0 Å². The van der Waals surface area contributed by atoms with Gasteiger partial charge in [0.25, 0.3) is 0 Å². The molecule has 3 aliphatic rings. The third-order valence-electron chi connectivity index (χ3n) is 8.08. The average molecular weight is 623 g/mol. The molecule has 3 fully saturated rings. The number of amidine groups is 2. The predicted molar refractivity (Wildman–Crippen MR) is 153 cm³/mol. The minimum atomic E-state index is -1.46. The Bertz CT molecular complexity index is 948. The molecule has 2 aliphatic heterocycles. The normalized spacial score (nSPS) is 42.9. The summed E-state index contributed by atoms with van der Waals surface area (Å²) in [5.74, 6) is -0.324. The molecule has 18 nitrogen and oxygen atoms in total. The van der Waals surface area contributed by atoms with E-state index in [1.165, 1.54) is 6.92 Å². The smallest absolute Gasteiger partial charge is 0.185 e. The molecule has 43 heavy (non-hydrogen) atoms. The molecule has 0 aromatic rings. The number of hydrogen-bond acceptors (Lipinski definition) is 16. The van der Waals surface area contributed by atoms with E-state index in [1.54, 1.807) is 7.05 Å². The van der Waals surface area contributed by atoms with Crippen molar-refractivity contribution in [1.82, 2.24) is 5.32 Å². The van der Waals surface area contributed by atoms with Crippen LogP contribution in [0, 0.1) is 0 Å². The van der Waals surface area contributed by atoms with Gasteiger partial charge in [0, 0.05) is 12.6 Å². The molecular formula is C25H50N8O10. The van der Waals surface area contributed by atoms with Gasteiger partial charge in [-0.3, -0.25) is 9.98 Å². The summed E-state index contributed by atoms with van der Waals surface area (Å²) in [7, 11) is 1.57. The number of hydrogen-bond donors (Lipinski definition) is 12. The lowest BCUT2D eigenvalue weighted by Crippen LogP contribution is -2.67. The Hall–Kier alpha value is -1.62. The van der Waals surface area contributed by atoms with Gasteiger partial charge in [-0.25, -0.2) is 0 Å². The fourth-order valence-corrected chi connectivity index (χ4v) is 5.51. The van der Waals surface area contributed by atoms with Crippen molar-refractivity contribution in [3.05, 3.63) is 0 Å². The Morgan fingerprint density at radius 2 is 1.70 bits per heavy atom. The summed E-state index contributed by atoms with van der Waals surface area (Å²) in [5.41, 5.74) is 28.5. The molecule has 2 saturated heterocycles. The van der Waals surface area contributed by atoms with Gasteiger partial charge in [0.2, 0.25) is 0 Å². The SMILES string of the molecule is CNC1C(O)C(OC2C(N=C(N)C(O)CN)CC(N)C(OC3OC(CN=C(N)C(O)CO)CCC3N)C2O)OCC1(C)O.